The van der Waals surface area contributed by atoms with E-state index < -0.39 is 156 Å². The van der Waals surface area contributed by atoms with E-state index in [1.807, 2.05) is 0 Å². The summed E-state index contributed by atoms with van der Waals surface area (Å²) in [4.78, 5) is 88.3. The molecule has 26 heteroatoms. The molecule has 0 bridgehead atoms. The van der Waals surface area contributed by atoms with Gasteiger partial charge in [0, 0.05) is 41.0 Å². The van der Waals surface area contributed by atoms with E-state index in [4.69, 9.17) is 80.9 Å². The molecule has 3 aliphatic heterocycles. The Kier molecular flexibility index (Phi) is 19.6. The molecule has 62 heavy (non-hydrogen) atoms. The lowest BCUT2D eigenvalue weighted by atomic mass is 9.91. The quantitative estimate of drug-likeness (QED) is 0.0483. The lowest BCUT2D eigenvalue weighted by Crippen LogP contribution is -2.68. The second kappa shape index (κ2) is 23.8. The Morgan fingerprint density at radius 3 is 1.98 bits per heavy atom. The molecule has 0 aliphatic carbocycles. The van der Waals surface area contributed by atoms with Gasteiger partial charge < -0.3 is 56.8 Å². The van der Waals surface area contributed by atoms with Crippen LogP contribution in [-0.4, -0.2) is 149 Å². The molecule has 0 aromatic carbocycles. The lowest BCUT2D eigenvalue weighted by Gasteiger charge is -2.50. The predicted octanol–water partition coefficient (Wildman–Crippen LogP) is 1.14. The molecule has 25 nitrogen and oxygen atoms in total. The zero-order chi connectivity index (χ0) is 46.2. The molecule has 0 N–H and O–H groups in total. The van der Waals surface area contributed by atoms with E-state index >= 15 is 0 Å². The summed E-state index contributed by atoms with van der Waals surface area (Å²) in [6.07, 6.45) is -19.9. The van der Waals surface area contributed by atoms with Crippen molar-refractivity contribution in [1.82, 2.24) is 0 Å². The fourth-order valence-electron chi connectivity index (χ4n) is 6.25. The van der Waals surface area contributed by atoms with Crippen LogP contribution in [0.1, 0.15) is 53.9 Å². The Hall–Kier alpha value is -5.24. The highest BCUT2D eigenvalue weighted by Crippen LogP contribution is 2.54. The second-order valence-electron chi connectivity index (χ2n) is 13.2. The summed E-state index contributed by atoms with van der Waals surface area (Å²) < 4.78 is 98.3. The summed E-state index contributed by atoms with van der Waals surface area (Å²) in [7, 11) is -3.98. The number of rotatable bonds is 22. The van der Waals surface area contributed by atoms with Crippen LogP contribution in [0.3, 0.4) is 0 Å². The van der Waals surface area contributed by atoms with Gasteiger partial charge in [0.1, 0.15) is 31.5 Å². The monoisotopic (exact) mass is 906 g/mol. The first-order valence-electron chi connectivity index (χ1n) is 18.6. The molecule has 0 aromatic rings. The van der Waals surface area contributed by atoms with Gasteiger partial charge in [0.2, 0.25) is 0 Å². The lowest BCUT2D eigenvalue weighted by molar-refractivity contribution is -0.362. The summed E-state index contributed by atoms with van der Waals surface area (Å²) in [5, 5.41) is 18.3. The highest BCUT2D eigenvalue weighted by molar-refractivity contribution is 7.48. The average molecular weight is 907 g/mol. The van der Waals surface area contributed by atoms with Crippen LogP contribution in [0.25, 0.3) is 0 Å². The van der Waals surface area contributed by atoms with E-state index in [0.29, 0.717) is 0 Å². The third-order valence-corrected chi connectivity index (χ3v) is 9.95. The molecule has 0 amide bonds. The highest BCUT2D eigenvalue weighted by atomic mass is 31.2. The van der Waals surface area contributed by atoms with Crippen molar-refractivity contribution in [2.45, 2.75) is 121 Å². The first-order valence-corrected chi connectivity index (χ1v) is 20.1. The normalized spacial score (nSPS) is 28.6. The van der Waals surface area contributed by atoms with Crippen molar-refractivity contribution < 1.29 is 109 Å². The van der Waals surface area contributed by atoms with Gasteiger partial charge in [-0.3, -0.25) is 37.5 Å². The topological polar surface area (TPSA) is 323 Å². The Morgan fingerprint density at radius 1 is 0.887 bits per heavy atom. The molecule has 344 valence electrons. The van der Waals surface area contributed by atoms with Gasteiger partial charge in [-0.25, -0.2) is 14.2 Å². The Bertz CT molecular complexity index is 1760. The number of cyclic esters (lactones) is 2. The minimum atomic E-state index is -4.96. The fraction of sp³-hybridized carbons (Fsp3) is 0.694. The van der Waals surface area contributed by atoms with Crippen LogP contribution >= 0.6 is 7.82 Å². The van der Waals surface area contributed by atoms with E-state index in [1.165, 1.54) is 6.08 Å². The molecule has 3 rings (SSSR count). The molecule has 3 saturated heterocycles. The van der Waals surface area contributed by atoms with E-state index in [9.17, 15) is 38.1 Å². The van der Waals surface area contributed by atoms with Crippen molar-refractivity contribution in [2.24, 2.45) is 0 Å². The minimum Gasteiger partial charge on any atom is -0.465 e. The van der Waals surface area contributed by atoms with Gasteiger partial charge in [-0.15, -0.1) is 6.58 Å². The maximum Gasteiger partial charge on any atom is 0.508 e. The minimum absolute atomic E-state index is 0.340. The molecule has 3 aliphatic rings. The maximum absolute atomic E-state index is 14.3. The molecule has 11 atom stereocenters. The smallest absolute Gasteiger partial charge is 0.465 e. The summed E-state index contributed by atoms with van der Waals surface area (Å²) >= 11 is 0. The number of nitriles is 2. The van der Waals surface area contributed by atoms with Crippen molar-refractivity contribution in [3.63, 3.8) is 0 Å². The summed E-state index contributed by atoms with van der Waals surface area (Å²) in [6, 6.07) is 3.56. The number of hydrogen-bond acceptors (Lipinski definition) is 25. The summed E-state index contributed by atoms with van der Waals surface area (Å²) in [5.74, 6) is -8.67. The standard InChI is InChI=1S/C36H47N2O23P/c1-8-13-50-36(34(44)47-7)16-24(29(28(60-36)26-18-49-35(45)58-26)61-62(46,51-14-9-11-37)52-15-10-12-38)57-33-32(56-23(6)43)31(55-22(5)42)30(54-21(4)41)27(59-33)25(53-20(3)40)17-48-19(2)39/h8,24-33H,1,9-10,13-18H2,2-7H3/t24-,25+,26-,27-,28-,29-,30-,31+,32+,33+,36-/m1/s1. The molecule has 3 heterocycles. The molecule has 0 spiro atoms. The zero-order valence-electron chi connectivity index (χ0n) is 34.4. The van der Waals surface area contributed by atoms with Crippen LogP contribution in [0.5, 0.6) is 0 Å². The third kappa shape index (κ3) is 14.4. The molecule has 0 aromatic heterocycles. The number of methoxy groups -OCH3 is 1. The van der Waals surface area contributed by atoms with E-state index in [-0.39, 0.29) is 12.8 Å². The molecule has 0 radical (unpaired) electrons. The van der Waals surface area contributed by atoms with Crippen LogP contribution in [-0.2, 0) is 104 Å². The Labute approximate surface area is 354 Å². The van der Waals surface area contributed by atoms with Gasteiger partial charge in [0.15, 0.2) is 36.8 Å². The van der Waals surface area contributed by atoms with Crippen molar-refractivity contribution in [3.05, 3.63) is 12.7 Å². The van der Waals surface area contributed by atoms with E-state index in [1.54, 1.807) is 12.1 Å². The van der Waals surface area contributed by atoms with Crippen molar-refractivity contribution >= 4 is 49.8 Å². The van der Waals surface area contributed by atoms with Gasteiger partial charge in [-0.05, 0) is 0 Å². The number of carbonyl (C=O) groups excluding carboxylic acids is 7. The first-order chi connectivity index (χ1) is 29.3. The summed E-state index contributed by atoms with van der Waals surface area (Å²) in [5.41, 5.74) is 0. The van der Waals surface area contributed by atoms with Gasteiger partial charge in [0.25, 0.3) is 5.79 Å². The number of esters is 6. The number of carbonyl (C=O) groups is 7. The first kappa shape index (κ1) is 51.1. The number of ether oxygens (including phenoxy) is 12. The van der Waals surface area contributed by atoms with Gasteiger partial charge >= 0.3 is 49.8 Å². The van der Waals surface area contributed by atoms with Gasteiger partial charge in [-0.1, -0.05) is 6.08 Å². The molecular weight excluding hydrogens is 859 g/mol. The van der Waals surface area contributed by atoms with Crippen LogP contribution in [0.15, 0.2) is 12.7 Å². The Balaban J connectivity index is 2.37. The highest BCUT2D eigenvalue weighted by Gasteiger charge is 2.62. The van der Waals surface area contributed by atoms with Crippen LogP contribution in [0.4, 0.5) is 4.79 Å². The average Bonchev–Trinajstić information content (AvgIpc) is 3.63. The molecule has 0 unspecified atom stereocenters. The van der Waals surface area contributed by atoms with Gasteiger partial charge in [0.05, 0.1) is 58.0 Å². The van der Waals surface area contributed by atoms with Gasteiger partial charge in [-0.2, -0.15) is 10.5 Å². The van der Waals surface area contributed by atoms with E-state index in [2.05, 4.69) is 6.58 Å². The zero-order valence-corrected chi connectivity index (χ0v) is 35.3. The largest absolute Gasteiger partial charge is 0.508 e. The van der Waals surface area contributed by atoms with Crippen LogP contribution in [0.2, 0.25) is 0 Å². The van der Waals surface area contributed by atoms with Crippen molar-refractivity contribution in [2.75, 3.05) is 40.1 Å². The van der Waals surface area contributed by atoms with Crippen molar-refractivity contribution in [1.29, 1.82) is 10.5 Å². The van der Waals surface area contributed by atoms with Crippen molar-refractivity contribution in [3.8, 4) is 12.1 Å². The van der Waals surface area contributed by atoms with Crippen LogP contribution in [0, 0.1) is 22.7 Å². The van der Waals surface area contributed by atoms with Crippen LogP contribution < -0.4 is 0 Å². The number of hydrogen-bond donors (Lipinski definition) is 0. The number of phosphoric acid groups is 1. The summed E-state index contributed by atoms with van der Waals surface area (Å²) in [6.45, 7) is 5.60. The third-order valence-electron chi connectivity index (χ3n) is 8.45. The number of nitrogens with zero attached hydrogens (tertiary/aromatic N) is 2. The molecule has 0 saturated carbocycles. The van der Waals surface area contributed by atoms with E-state index in [0.717, 1.165) is 41.7 Å². The molecular formula is C36H47N2O23P. The predicted molar refractivity (Wildman–Crippen MR) is 194 cm³/mol. The molecule has 3 fully saturated rings. The SMILES string of the molecule is C=CCO[C@]1(C(=O)OC)C[C@@H](O[C@H]2O[C@H]([C@H](COC(C)=O)OC(C)=O)[C@@H](OC(C)=O)[C@H](OC(C)=O)[C@@H]2OC(C)=O)[C@@H](OP(=O)(OCCC#N)OCCC#N)[C@@H]([C@H]2COC(=O)O2)O1. The number of phosphoric ester groups is 1. The Morgan fingerprint density at radius 2 is 1.48 bits per heavy atom. The maximum atomic E-state index is 14.3. The second-order valence-corrected chi connectivity index (χ2v) is 14.8. The fourth-order valence-corrected chi connectivity index (χ4v) is 7.63.